The van der Waals surface area contributed by atoms with Crippen molar-refractivity contribution in [2.45, 2.75) is 50.1 Å². The minimum absolute atomic E-state index is 0.0212. The number of benzene rings is 2. The Morgan fingerprint density at radius 2 is 1.68 bits per heavy atom. The van der Waals surface area contributed by atoms with E-state index >= 15 is 0 Å². The fraction of sp³-hybridized carbons (Fsp3) is 0.400. The maximum atomic E-state index is 13.9. The number of amides is 2. The Labute approximate surface area is 195 Å². The van der Waals surface area contributed by atoms with Gasteiger partial charge in [-0.25, -0.2) is 18.4 Å². The summed E-state index contributed by atoms with van der Waals surface area (Å²) >= 11 is 0. The predicted molar refractivity (Wildman–Crippen MR) is 120 cm³/mol. The second kappa shape index (κ2) is 8.70. The van der Waals surface area contributed by atoms with Gasteiger partial charge in [-0.2, -0.15) is 0 Å². The van der Waals surface area contributed by atoms with E-state index in [0.29, 0.717) is 4.90 Å². The summed E-state index contributed by atoms with van der Waals surface area (Å²) in [5.74, 6) is -5.88. The van der Waals surface area contributed by atoms with Gasteiger partial charge in [-0.1, -0.05) is 55.5 Å². The molecule has 2 aromatic rings. The van der Waals surface area contributed by atoms with Crippen molar-refractivity contribution in [3.05, 3.63) is 59.7 Å². The number of likely N-dealkylation sites (tertiary alicyclic amines) is 1. The van der Waals surface area contributed by atoms with Crippen molar-refractivity contribution in [2.75, 3.05) is 13.2 Å². The number of carbonyl (C=O) groups is 3. The number of rotatable bonds is 6. The monoisotopic (exact) mass is 472 g/mol. The number of alkyl halides is 2. The van der Waals surface area contributed by atoms with Gasteiger partial charge in [-0.05, 0) is 35.6 Å². The van der Waals surface area contributed by atoms with E-state index in [-0.39, 0.29) is 18.9 Å². The summed E-state index contributed by atoms with van der Waals surface area (Å²) in [5.41, 5.74) is 2.58. The van der Waals surface area contributed by atoms with E-state index in [4.69, 9.17) is 4.74 Å². The number of fused-ring (bicyclic) bond motifs is 3. The Bertz CT molecular complexity index is 1090. The Balaban J connectivity index is 1.47. The summed E-state index contributed by atoms with van der Waals surface area (Å²) < 4.78 is 33.3. The van der Waals surface area contributed by atoms with Crippen molar-refractivity contribution >= 4 is 18.0 Å². The molecule has 34 heavy (non-hydrogen) atoms. The number of carbonyl (C=O) groups excluding carboxylic acids is 2. The molecule has 2 aliphatic rings. The van der Waals surface area contributed by atoms with Crippen molar-refractivity contribution < 1.29 is 33.0 Å². The third-order valence-electron chi connectivity index (χ3n) is 6.72. The number of alkyl carbamates (subject to hydrolysis) is 1. The number of carboxylic acid groups (broad SMARTS) is 1. The lowest BCUT2D eigenvalue weighted by Crippen LogP contribution is -2.59. The van der Waals surface area contributed by atoms with Crippen molar-refractivity contribution in [2.24, 2.45) is 0 Å². The first-order valence-corrected chi connectivity index (χ1v) is 11.1. The van der Waals surface area contributed by atoms with E-state index in [1.54, 1.807) is 6.92 Å². The maximum absolute atomic E-state index is 13.9. The highest BCUT2D eigenvalue weighted by molar-refractivity contribution is 5.93. The molecule has 1 saturated heterocycles. The first-order valence-electron chi connectivity index (χ1n) is 11.1. The van der Waals surface area contributed by atoms with E-state index in [1.165, 1.54) is 6.92 Å². The van der Waals surface area contributed by atoms with Gasteiger partial charge in [-0.15, -0.1) is 0 Å². The quantitative estimate of drug-likeness (QED) is 0.662. The SMILES string of the molecule is CCC(C)(NC(=O)OCC1c2ccccc2-c2ccccc21)C(=O)N1CC(F)(F)CC1C(=O)O. The van der Waals surface area contributed by atoms with E-state index in [0.717, 1.165) is 22.3 Å². The largest absolute Gasteiger partial charge is 0.480 e. The van der Waals surface area contributed by atoms with Gasteiger partial charge >= 0.3 is 12.1 Å². The van der Waals surface area contributed by atoms with E-state index in [9.17, 15) is 28.3 Å². The standard InChI is InChI=1S/C25H26F2N2O5/c1-3-24(2,22(32)29-14-25(26,27)12-20(29)21(30)31)28-23(33)34-13-19-17-10-6-4-8-15(17)16-9-5-7-11-18(16)19/h4-11,19-20H,3,12-14H2,1-2H3,(H,28,33)(H,30,31). The van der Waals surface area contributed by atoms with Gasteiger partial charge in [-0.3, -0.25) is 4.79 Å². The topological polar surface area (TPSA) is 95.9 Å². The first-order chi connectivity index (χ1) is 16.1. The number of hydrogen-bond donors (Lipinski definition) is 2. The second-order valence-electron chi connectivity index (χ2n) is 8.98. The van der Waals surface area contributed by atoms with Gasteiger partial charge in [0.1, 0.15) is 18.2 Å². The summed E-state index contributed by atoms with van der Waals surface area (Å²) in [4.78, 5) is 37.9. The third-order valence-corrected chi connectivity index (χ3v) is 6.72. The van der Waals surface area contributed by atoms with Crippen LogP contribution in [0.1, 0.15) is 43.7 Å². The number of halogens is 2. The second-order valence-corrected chi connectivity index (χ2v) is 8.98. The molecule has 7 nitrogen and oxygen atoms in total. The van der Waals surface area contributed by atoms with Crippen LogP contribution < -0.4 is 5.32 Å². The minimum atomic E-state index is -3.31. The predicted octanol–water partition coefficient (Wildman–Crippen LogP) is 4.01. The summed E-state index contributed by atoms with van der Waals surface area (Å²) in [6, 6.07) is 14.0. The van der Waals surface area contributed by atoms with E-state index in [1.807, 2.05) is 48.5 Å². The van der Waals surface area contributed by atoms with Gasteiger partial charge in [0.2, 0.25) is 5.91 Å². The van der Waals surface area contributed by atoms with Crippen LogP contribution >= 0.6 is 0 Å². The highest BCUT2D eigenvalue weighted by Crippen LogP contribution is 2.44. The van der Waals surface area contributed by atoms with Crippen molar-refractivity contribution in [1.82, 2.24) is 10.2 Å². The molecular formula is C25H26F2N2O5. The summed E-state index contributed by atoms with van der Waals surface area (Å²) in [7, 11) is 0. The molecule has 9 heteroatoms. The summed E-state index contributed by atoms with van der Waals surface area (Å²) in [6.45, 7) is 2.00. The van der Waals surface area contributed by atoms with Crippen LogP contribution in [0.5, 0.6) is 0 Å². The van der Waals surface area contributed by atoms with Crippen molar-refractivity contribution in [1.29, 1.82) is 0 Å². The lowest BCUT2D eigenvalue weighted by Gasteiger charge is -2.33. The van der Waals surface area contributed by atoms with Crippen LogP contribution in [0.2, 0.25) is 0 Å². The van der Waals surface area contributed by atoms with Gasteiger partial charge in [0.25, 0.3) is 5.92 Å². The zero-order valence-corrected chi connectivity index (χ0v) is 18.9. The molecule has 180 valence electrons. The Morgan fingerprint density at radius 1 is 1.12 bits per heavy atom. The number of nitrogens with one attached hydrogen (secondary N) is 1. The highest BCUT2D eigenvalue weighted by atomic mass is 19.3. The zero-order valence-electron chi connectivity index (χ0n) is 18.9. The van der Waals surface area contributed by atoms with Crippen LogP contribution in [0.25, 0.3) is 11.1 Å². The molecule has 1 heterocycles. The van der Waals surface area contributed by atoms with Crippen molar-refractivity contribution in [3.8, 4) is 11.1 Å². The van der Waals surface area contributed by atoms with Crippen LogP contribution in [0.3, 0.4) is 0 Å². The minimum Gasteiger partial charge on any atom is -0.480 e. The van der Waals surface area contributed by atoms with Crippen molar-refractivity contribution in [3.63, 3.8) is 0 Å². The van der Waals surface area contributed by atoms with Gasteiger partial charge in [0, 0.05) is 12.3 Å². The maximum Gasteiger partial charge on any atom is 0.408 e. The smallest absolute Gasteiger partial charge is 0.408 e. The lowest BCUT2D eigenvalue weighted by molar-refractivity contribution is -0.150. The number of carboxylic acids is 1. The van der Waals surface area contributed by atoms with E-state index in [2.05, 4.69) is 5.32 Å². The molecule has 0 spiro atoms. The fourth-order valence-corrected chi connectivity index (χ4v) is 4.72. The van der Waals surface area contributed by atoms with Crippen LogP contribution in [0, 0.1) is 0 Å². The molecule has 2 N–H and O–H groups in total. The van der Waals surface area contributed by atoms with E-state index < -0.39 is 48.4 Å². The molecule has 0 saturated carbocycles. The summed E-state index contributed by atoms with van der Waals surface area (Å²) in [5, 5.41) is 11.8. The number of hydrogen-bond acceptors (Lipinski definition) is 4. The number of aliphatic carboxylic acids is 1. The van der Waals surface area contributed by atoms with Gasteiger partial charge in [0.15, 0.2) is 0 Å². The van der Waals surface area contributed by atoms with Crippen LogP contribution in [0.15, 0.2) is 48.5 Å². The fourth-order valence-electron chi connectivity index (χ4n) is 4.72. The Hall–Kier alpha value is -3.49. The summed E-state index contributed by atoms with van der Waals surface area (Å²) in [6.07, 6.45) is -1.78. The number of nitrogens with zero attached hydrogens (tertiary/aromatic N) is 1. The molecule has 1 aliphatic heterocycles. The van der Waals surface area contributed by atoms with Crippen LogP contribution in [0.4, 0.5) is 13.6 Å². The molecule has 0 aromatic heterocycles. The molecule has 1 fully saturated rings. The third kappa shape index (κ3) is 4.22. The van der Waals surface area contributed by atoms with Gasteiger partial charge < -0.3 is 20.1 Å². The average molecular weight is 472 g/mol. The molecule has 0 bridgehead atoms. The van der Waals surface area contributed by atoms with Gasteiger partial charge in [0.05, 0.1) is 6.54 Å². The molecule has 4 rings (SSSR count). The Kier molecular flexibility index (Phi) is 6.05. The average Bonchev–Trinajstić information content (AvgIpc) is 3.31. The Morgan fingerprint density at radius 3 is 2.21 bits per heavy atom. The molecule has 2 atom stereocenters. The molecule has 2 amide bonds. The highest BCUT2D eigenvalue weighted by Gasteiger charge is 2.53. The molecule has 0 radical (unpaired) electrons. The molecule has 2 unspecified atom stereocenters. The lowest BCUT2D eigenvalue weighted by atomic mass is 9.96. The van der Waals surface area contributed by atoms with Crippen LogP contribution in [-0.4, -0.2) is 58.6 Å². The zero-order chi connectivity index (χ0) is 24.7. The molecule has 1 aliphatic carbocycles. The van der Waals surface area contributed by atoms with Crippen LogP contribution in [-0.2, 0) is 14.3 Å². The normalized spacial score (nSPS) is 20.2. The molecular weight excluding hydrogens is 446 g/mol. The first kappa shape index (κ1) is 23.7. The number of ether oxygens (including phenoxy) is 1. The molecule has 2 aromatic carbocycles.